The molecule has 2 atom stereocenters. The molecule has 1 fully saturated rings. The molecule has 2 aromatic rings. The number of rotatable bonds is 6. The smallest absolute Gasteiger partial charge is 0.296 e. The van der Waals surface area contributed by atoms with E-state index in [9.17, 15) is 16.8 Å². The molecule has 0 aliphatic carbocycles. The Hall–Kier alpha value is -1.74. The Balaban J connectivity index is 2.05. The lowest BCUT2D eigenvalue weighted by molar-refractivity contribution is 0.397. The summed E-state index contributed by atoms with van der Waals surface area (Å²) in [6.07, 6.45) is 1.65. The zero-order chi connectivity index (χ0) is 19.7. The molecular weight excluding hydrogens is 386 g/mol. The van der Waals surface area contributed by atoms with Crippen LogP contribution in [0.25, 0.3) is 0 Å². The lowest BCUT2D eigenvalue weighted by atomic mass is 10.0. The van der Waals surface area contributed by atoms with Gasteiger partial charge in [-0.15, -0.1) is 0 Å². The quantitative estimate of drug-likeness (QED) is 0.738. The van der Waals surface area contributed by atoms with Gasteiger partial charge < -0.3 is 5.32 Å². The largest absolute Gasteiger partial charge is 0.312 e. The molecule has 0 amide bonds. The summed E-state index contributed by atoms with van der Waals surface area (Å²) in [5, 5.41) is 2.49. The van der Waals surface area contributed by atoms with Gasteiger partial charge in [0.25, 0.3) is 10.1 Å². The maximum Gasteiger partial charge on any atom is 0.296 e. The number of aryl methyl sites for hydroxylation is 1. The summed E-state index contributed by atoms with van der Waals surface area (Å²) in [5.74, 6) is 0. The molecule has 0 bridgehead atoms. The van der Waals surface area contributed by atoms with E-state index in [1.807, 2.05) is 6.92 Å². The zero-order valence-corrected chi connectivity index (χ0v) is 16.9. The highest BCUT2D eigenvalue weighted by atomic mass is 32.2. The predicted octanol–water partition coefficient (Wildman–Crippen LogP) is 2.60. The minimum atomic E-state index is -3.82. The molecule has 0 spiro atoms. The van der Waals surface area contributed by atoms with E-state index in [0.717, 1.165) is 32.1 Å². The van der Waals surface area contributed by atoms with E-state index in [1.165, 1.54) is 12.1 Å². The molecular formula is C19H23NO5S2. The van der Waals surface area contributed by atoms with E-state index in [4.69, 9.17) is 0 Å². The van der Waals surface area contributed by atoms with Crippen molar-refractivity contribution in [3.05, 3.63) is 59.7 Å². The van der Waals surface area contributed by atoms with Crippen LogP contribution in [-0.2, 0) is 24.1 Å². The maximum atomic E-state index is 13.4. The van der Waals surface area contributed by atoms with Gasteiger partial charge in [-0.3, -0.25) is 4.18 Å². The van der Waals surface area contributed by atoms with Crippen molar-refractivity contribution in [1.29, 1.82) is 0 Å². The lowest BCUT2D eigenvalue weighted by Crippen LogP contribution is -2.34. The van der Waals surface area contributed by atoms with Crippen LogP contribution in [0, 0.1) is 6.92 Å². The third-order valence-corrected chi connectivity index (χ3v) is 8.35. The number of nitrogens with one attached hydrogen (secondary N) is 1. The Kier molecular flexibility index (Phi) is 5.71. The number of sulfone groups is 1. The highest BCUT2D eigenvalue weighted by molar-refractivity contribution is 7.91. The van der Waals surface area contributed by atoms with E-state index in [-0.39, 0.29) is 15.8 Å². The second-order valence-electron chi connectivity index (χ2n) is 6.67. The topological polar surface area (TPSA) is 89.5 Å². The van der Waals surface area contributed by atoms with Gasteiger partial charge in [0.05, 0.1) is 16.9 Å². The minimum Gasteiger partial charge on any atom is -0.312 e. The van der Waals surface area contributed by atoms with Crippen molar-refractivity contribution in [1.82, 2.24) is 5.32 Å². The predicted molar refractivity (Wildman–Crippen MR) is 103 cm³/mol. The first-order valence-electron chi connectivity index (χ1n) is 8.70. The van der Waals surface area contributed by atoms with Crippen molar-refractivity contribution in [2.75, 3.05) is 13.7 Å². The van der Waals surface area contributed by atoms with Gasteiger partial charge in [-0.05, 0) is 56.1 Å². The molecule has 27 heavy (non-hydrogen) atoms. The molecule has 1 heterocycles. The zero-order valence-electron chi connectivity index (χ0n) is 15.3. The molecule has 0 radical (unpaired) electrons. The van der Waals surface area contributed by atoms with Gasteiger partial charge in [-0.2, -0.15) is 8.42 Å². The summed E-state index contributed by atoms with van der Waals surface area (Å²) in [5.41, 5.74) is 1.55. The van der Waals surface area contributed by atoms with Gasteiger partial charge >= 0.3 is 0 Å². The Morgan fingerprint density at radius 2 is 1.56 bits per heavy atom. The molecule has 6 nitrogen and oxygen atoms in total. The SMILES string of the molecule is COS(=O)(=O)c1ccc(C(C2CCCN2)S(=O)(=O)c2ccc(C)cc2)cc1. The van der Waals surface area contributed by atoms with Crippen LogP contribution in [0.15, 0.2) is 58.3 Å². The molecule has 2 unspecified atom stereocenters. The van der Waals surface area contributed by atoms with Gasteiger partial charge in [-0.25, -0.2) is 8.42 Å². The molecule has 0 saturated carbocycles. The summed E-state index contributed by atoms with van der Waals surface area (Å²) in [7, 11) is -6.37. The Morgan fingerprint density at radius 3 is 2.07 bits per heavy atom. The summed E-state index contributed by atoms with van der Waals surface area (Å²) < 4.78 is 55.0. The first kappa shape index (κ1) is 20.0. The highest BCUT2D eigenvalue weighted by Crippen LogP contribution is 2.35. The van der Waals surface area contributed by atoms with Crippen LogP contribution in [0.2, 0.25) is 0 Å². The Bertz CT molecular complexity index is 991. The second kappa shape index (κ2) is 7.71. The highest BCUT2D eigenvalue weighted by Gasteiger charge is 2.37. The van der Waals surface area contributed by atoms with Crippen molar-refractivity contribution in [2.24, 2.45) is 0 Å². The molecule has 3 rings (SSSR count). The summed E-state index contributed by atoms with van der Waals surface area (Å²) in [6, 6.07) is 12.5. The van der Waals surface area contributed by atoms with Crippen LogP contribution in [0.3, 0.4) is 0 Å². The van der Waals surface area contributed by atoms with Crippen molar-refractivity contribution < 1.29 is 21.0 Å². The fraction of sp³-hybridized carbons (Fsp3) is 0.368. The van der Waals surface area contributed by atoms with E-state index in [2.05, 4.69) is 9.50 Å². The van der Waals surface area contributed by atoms with Crippen molar-refractivity contribution in [3.8, 4) is 0 Å². The monoisotopic (exact) mass is 409 g/mol. The first-order valence-corrected chi connectivity index (χ1v) is 11.7. The average molecular weight is 410 g/mol. The third-order valence-electron chi connectivity index (χ3n) is 4.86. The molecule has 1 aliphatic rings. The molecule has 1 N–H and O–H groups in total. The number of benzene rings is 2. The second-order valence-corrected chi connectivity index (χ2v) is 10.5. The summed E-state index contributed by atoms with van der Waals surface area (Å²) >= 11 is 0. The van der Waals surface area contributed by atoms with Crippen LogP contribution in [-0.4, -0.2) is 36.5 Å². The summed E-state index contributed by atoms with van der Waals surface area (Å²) in [6.45, 7) is 2.67. The fourth-order valence-corrected chi connectivity index (χ4v) is 6.04. The Labute approximate surface area is 160 Å². The normalized spacial score (nSPS) is 19.1. The van der Waals surface area contributed by atoms with Crippen LogP contribution < -0.4 is 5.32 Å². The van der Waals surface area contributed by atoms with Gasteiger partial charge in [-0.1, -0.05) is 29.8 Å². The van der Waals surface area contributed by atoms with Crippen LogP contribution >= 0.6 is 0 Å². The first-order chi connectivity index (χ1) is 12.8. The lowest BCUT2D eigenvalue weighted by Gasteiger charge is -2.25. The molecule has 1 saturated heterocycles. The molecule has 1 aliphatic heterocycles. The molecule has 0 aromatic heterocycles. The van der Waals surface area contributed by atoms with E-state index >= 15 is 0 Å². The summed E-state index contributed by atoms with van der Waals surface area (Å²) in [4.78, 5) is 0.264. The van der Waals surface area contributed by atoms with Gasteiger partial charge in [0, 0.05) is 6.04 Å². The van der Waals surface area contributed by atoms with Gasteiger partial charge in [0.15, 0.2) is 9.84 Å². The van der Waals surface area contributed by atoms with Crippen LogP contribution in [0.5, 0.6) is 0 Å². The van der Waals surface area contributed by atoms with Gasteiger partial charge in [0.1, 0.15) is 5.25 Å². The molecule has 8 heteroatoms. The fourth-order valence-electron chi connectivity index (χ4n) is 3.39. The number of hydrogen-bond donors (Lipinski definition) is 1. The van der Waals surface area contributed by atoms with E-state index in [1.54, 1.807) is 36.4 Å². The Morgan fingerprint density at radius 1 is 0.963 bits per heavy atom. The van der Waals surface area contributed by atoms with Crippen molar-refractivity contribution >= 4 is 20.0 Å². The van der Waals surface area contributed by atoms with E-state index in [0.29, 0.717) is 5.56 Å². The average Bonchev–Trinajstić information content (AvgIpc) is 3.16. The standard InChI is InChI=1S/C19H23NO5S2/c1-14-5-9-16(10-6-14)26(21,22)19(18-4-3-13-20-18)15-7-11-17(12-8-15)27(23,24)25-2/h5-12,18-20H,3-4,13H2,1-2H3. The van der Waals surface area contributed by atoms with Gasteiger partial charge in [0.2, 0.25) is 0 Å². The van der Waals surface area contributed by atoms with Crippen LogP contribution in [0.1, 0.15) is 29.2 Å². The van der Waals surface area contributed by atoms with Crippen molar-refractivity contribution in [3.63, 3.8) is 0 Å². The third kappa shape index (κ3) is 4.08. The van der Waals surface area contributed by atoms with E-state index < -0.39 is 25.2 Å². The molecule has 146 valence electrons. The molecule has 2 aromatic carbocycles. The van der Waals surface area contributed by atoms with Crippen molar-refractivity contribution in [2.45, 2.75) is 40.8 Å². The number of hydrogen-bond acceptors (Lipinski definition) is 6. The maximum absolute atomic E-state index is 13.4. The van der Waals surface area contributed by atoms with Crippen LogP contribution in [0.4, 0.5) is 0 Å². The minimum absolute atomic E-state index is 0.000356.